The minimum absolute atomic E-state index is 0.274. The van der Waals surface area contributed by atoms with Gasteiger partial charge >= 0.3 is 5.97 Å². The number of hydrogen-bond acceptors (Lipinski definition) is 7. The molecule has 1 aromatic carbocycles. The quantitative estimate of drug-likeness (QED) is 0.331. The van der Waals surface area contributed by atoms with Crippen LogP contribution in [0.5, 0.6) is 5.88 Å². The summed E-state index contributed by atoms with van der Waals surface area (Å²) in [6.45, 7) is 2.78. The maximum absolute atomic E-state index is 12.9. The number of nitrogens with zero attached hydrogens (tertiary/aromatic N) is 2. The molecular weight excluding hydrogens is 434 g/mol. The van der Waals surface area contributed by atoms with Crippen LogP contribution >= 0.6 is 11.3 Å². The number of hydrogen-bond donors (Lipinski definition) is 1. The van der Waals surface area contributed by atoms with Crippen LogP contribution in [-0.4, -0.2) is 29.2 Å². The van der Waals surface area contributed by atoms with Crippen molar-refractivity contribution in [3.8, 4) is 5.88 Å². The number of benzene rings is 1. The molecule has 2 aliphatic carbocycles. The van der Waals surface area contributed by atoms with Crippen LogP contribution in [0.25, 0.3) is 11.0 Å². The molecule has 0 saturated heterocycles. The highest BCUT2D eigenvalue weighted by atomic mass is 32.1. The third kappa shape index (κ3) is 4.74. The Morgan fingerprint density at radius 1 is 1.15 bits per heavy atom. The summed E-state index contributed by atoms with van der Waals surface area (Å²) in [6.07, 6.45) is 11.8. The largest absolute Gasteiger partial charge is 0.475 e. The molecule has 33 heavy (non-hydrogen) atoms. The van der Waals surface area contributed by atoms with E-state index in [-0.39, 0.29) is 5.97 Å². The predicted molar refractivity (Wildman–Crippen MR) is 132 cm³/mol. The average molecular weight is 464 g/mol. The molecule has 2 heterocycles. The van der Waals surface area contributed by atoms with Crippen molar-refractivity contribution in [1.82, 2.24) is 9.97 Å². The zero-order valence-electron chi connectivity index (χ0n) is 18.9. The van der Waals surface area contributed by atoms with Gasteiger partial charge < -0.3 is 14.8 Å². The molecule has 172 valence electrons. The average Bonchev–Trinajstić information content (AvgIpc) is 3.21. The summed E-state index contributed by atoms with van der Waals surface area (Å²) in [4.78, 5) is 23.8. The molecule has 6 nitrogen and oxygen atoms in total. The van der Waals surface area contributed by atoms with Gasteiger partial charge in [-0.15, -0.1) is 11.3 Å². The molecule has 0 aliphatic heterocycles. The molecule has 0 radical (unpaired) electrons. The topological polar surface area (TPSA) is 73.3 Å². The smallest absolute Gasteiger partial charge is 0.341 e. The fraction of sp³-hybridized carbons (Fsp3) is 0.423. The van der Waals surface area contributed by atoms with E-state index in [4.69, 9.17) is 19.4 Å². The Morgan fingerprint density at radius 3 is 2.76 bits per heavy atom. The number of fused-ring (bicyclic) bond motifs is 2. The summed E-state index contributed by atoms with van der Waals surface area (Å²) in [6, 6.07) is 7.78. The van der Waals surface area contributed by atoms with Crippen LogP contribution in [0.4, 0.5) is 10.8 Å². The van der Waals surface area contributed by atoms with Gasteiger partial charge in [-0.05, 0) is 75.5 Å². The summed E-state index contributed by atoms with van der Waals surface area (Å²) in [5, 5.41) is 4.20. The van der Waals surface area contributed by atoms with Crippen molar-refractivity contribution in [3.05, 3.63) is 52.4 Å². The summed E-state index contributed by atoms with van der Waals surface area (Å²) in [5.41, 5.74) is 3.34. The number of carbonyl (C=O) groups excluding carboxylic acids is 1. The Morgan fingerprint density at radius 2 is 1.97 bits per heavy atom. The van der Waals surface area contributed by atoms with Crippen molar-refractivity contribution in [2.24, 2.45) is 5.92 Å². The van der Waals surface area contributed by atoms with Crippen molar-refractivity contribution < 1.29 is 14.3 Å². The zero-order chi connectivity index (χ0) is 22.6. The fourth-order valence-corrected chi connectivity index (χ4v) is 5.83. The van der Waals surface area contributed by atoms with E-state index in [1.807, 2.05) is 31.2 Å². The first kappa shape index (κ1) is 21.9. The maximum atomic E-state index is 12.9. The number of ether oxygens (including phenoxy) is 2. The van der Waals surface area contributed by atoms with E-state index in [1.165, 1.54) is 4.88 Å². The van der Waals surface area contributed by atoms with Gasteiger partial charge in [0.1, 0.15) is 5.00 Å². The predicted octanol–water partition coefficient (Wildman–Crippen LogP) is 6.23. The van der Waals surface area contributed by atoms with Gasteiger partial charge in [-0.25, -0.2) is 14.8 Å². The lowest BCUT2D eigenvalue weighted by molar-refractivity contribution is 0.0526. The summed E-state index contributed by atoms with van der Waals surface area (Å²) in [7, 11) is 0. The van der Waals surface area contributed by atoms with Crippen LogP contribution in [0.1, 0.15) is 59.8 Å². The molecule has 0 fully saturated rings. The van der Waals surface area contributed by atoms with Gasteiger partial charge in [-0.2, -0.15) is 0 Å². The maximum Gasteiger partial charge on any atom is 0.341 e. The van der Waals surface area contributed by atoms with Gasteiger partial charge in [0, 0.05) is 4.88 Å². The van der Waals surface area contributed by atoms with E-state index in [2.05, 4.69) is 17.5 Å². The monoisotopic (exact) mass is 463 g/mol. The third-order valence-electron chi connectivity index (χ3n) is 6.25. The summed E-state index contributed by atoms with van der Waals surface area (Å²) < 4.78 is 11.6. The van der Waals surface area contributed by atoms with Gasteiger partial charge in [-0.3, -0.25) is 0 Å². The van der Waals surface area contributed by atoms with Crippen LogP contribution in [-0.2, 0) is 17.6 Å². The van der Waals surface area contributed by atoms with Crippen LogP contribution in [0.15, 0.2) is 36.4 Å². The normalized spacial score (nSPS) is 17.5. The number of nitrogens with one attached hydrogen (secondary N) is 1. The minimum atomic E-state index is -0.274. The SMILES string of the molecule is CCOC(=O)c1c(Nc2nc3ccccc3nc2OCC2CC=CCC2)sc2c1CCCC2. The molecule has 0 spiro atoms. The molecule has 5 rings (SSSR count). The van der Waals surface area contributed by atoms with Crippen molar-refractivity contribution in [1.29, 1.82) is 0 Å². The second-order valence-electron chi connectivity index (χ2n) is 8.59. The number of allylic oxidation sites excluding steroid dienone is 2. The van der Waals surface area contributed by atoms with Gasteiger partial charge in [0.15, 0.2) is 5.82 Å². The molecule has 0 amide bonds. The van der Waals surface area contributed by atoms with Crippen LogP contribution in [0.3, 0.4) is 0 Å². The lowest BCUT2D eigenvalue weighted by Gasteiger charge is -2.19. The first-order chi connectivity index (χ1) is 16.2. The summed E-state index contributed by atoms with van der Waals surface area (Å²) >= 11 is 1.63. The van der Waals surface area contributed by atoms with Crippen molar-refractivity contribution in [3.63, 3.8) is 0 Å². The molecule has 1 atom stereocenters. The lowest BCUT2D eigenvalue weighted by Crippen LogP contribution is -2.15. The number of aromatic nitrogens is 2. The molecule has 1 unspecified atom stereocenters. The van der Waals surface area contributed by atoms with Gasteiger partial charge in [0.05, 0.1) is 29.8 Å². The first-order valence-electron chi connectivity index (χ1n) is 11.9. The number of thiophene rings is 1. The molecular formula is C26H29N3O3S. The molecule has 0 bridgehead atoms. The van der Waals surface area contributed by atoms with E-state index in [9.17, 15) is 4.79 Å². The number of anilines is 2. The van der Waals surface area contributed by atoms with Crippen LogP contribution in [0.2, 0.25) is 0 Å². The standard InChI is InChI=1S/C26H29N3O3S/c1-2-31-26(30)22-18-12-6-9-15-21(18)33-25(22)29-23-24(32-16-17-10-4-3-5-11-17)28-20-14-8-7-13-19(20)27-23/h3-4,7-8,13-14,17H,2,5-6,9-12,15-16H2,1H3,(H,27,29). The molecule has 2 aliphatic rings. The molecule has 1 N–H and O–H groups in total. The Balaban J connectivity index is 1.50. The number of rotatable bonds is 7. The van der Waals surface area contributed by atoms with Crippen molar-refractivity contribution in [2.75, 3.05) is 18.5 Å². The van der Waals surface area contributed by atoms with E-state index in [0.717, 1.165) is 66.5 Å². The second-order valence-corrected chi connectivity index (χ2v) is 9.69. The number of aryl methyl sites for hydroxylation is 1. The minimum Gasteiger partial charge on any atom is -0.475 e. The zero-order valence-corrected chi connectivity index (χ0v) is 19.7. The van der Waals surface area contributed by atoms with E-state index >= 15 is 0 Å². The van der Waals surface area contributed by atoms with Gasteiger partial charge in [0.2, 0.25) is 0 Å². The van der Waals surface area contributed by atoms with Crippen molar-refractivity contribution >= 4 is 39.2 Å². The molecule has 0 saturated carbocycles. The van der Waals surface area contributed by atoms with Crippen molar-refractivity contribution in [2.45, 2.75) is 51.9 Å². The van der Waals surface area contributed by atoms with Gasteiger partial charge in [-0.1, -0.05) is 24.3 Å². The molecule has 7 heteroatoms. The number of esters is 1. The van der Waals surface area contributed by atoms with E-state index in [1.54, 1.807) is 11.3 Å². The Kier molecular flexibility index (Phi) is 6.58. The lowest BCUT2D eigenvalue weighted by atomic mass is 9.95. The molecule has 2 aromatic heterocycles. The summed E-state index contributed by atoms with van der Waals surface area (Å²) in [5.74, 6) is 1.22. The third-order valence-corrected chi connectivity index (χ3v) is 7.46. The highest BCUT2D eigenvalue weighted by Crippen LogP contribution is 2.41. The Labute approximate surface area is 198 Å². The number of para-hydroxylation sites is 2. The Bertz CT molecular complexity index is 1190. The van der Waals surface area contributed by atoms with E-state index in [0.29, 0.717) is 36.4 Å². The Hall–Kier alpha value is -2.93. The van der Waals surface area contributed by atoms with E-state index < -0.39 is 0 Å². The fourth-order valence-electron chi connectivity index (χ4n) is 4.55. The molecule has 3 aromatic rings. The van der Waals surface area contributed by atoms with Crippen LogP contribution < -0.4 is 10.1 Å². The number of carbonyl (C=O) groups is 1. The van der Waals surface area contributed by atoms with Gasteiger partial charge in [0.25, 0.3) is 5.88 Å². The second kappa shape index (κ2) is 9.91. The highest BCUT2D eigenvalue weighted by molar-refractivity contribution is 7.16. The highest BCUT2D eigenvalue weighted by Gasteiger charge is 2.27. The first-order valence-corrected chi connectivity index (χ1v) is 12.7. The van der Waals surface area contributed by atoms with Crippen LogP contribution in [0, 0.1) is 5.92 Å².